The smallest absolute Gasteiger partial charge is 0.0424 e. The van der Waals surface area contributed by atoms with E-state index in [-0.39, 0.29) is 0 Å². The van der Waals surface area contributed by atoms with Gasteiger partial charge >= 0.3 is 0 Å². The van der Waals surface area contributed by atoms with Crippen LogP contribution in [0.1, 0.15) is 38.5 Å². The predicted molar refractivity (Wildman–Crippen MR) is 126 cm³/mol. The number of hydrogen-bond donors (Lipinski definition) is 5. The molecule has 2 saturated carbocycles. The zero-order valence-electron chi connectivity index (χ0n) is 17.4. The van der Waals surface area contributed by atoms with Gasteiger partial charge in [-0.1, -0.05) is 12.2 Å². The van der Waals surface area contributed by atoms with Gasteiger partial charge in [0.25, 0.3) is 0 Å². The van der Waals surface area contributed by atoms with E-state index in [0.717, 1.165) is 29.8 Å². The van der Waals surface area contributed by atoms with Crippen molar-refractivity contribution >= 4 is 23.5 Å². The maximum absolute atomic E-state index is 3.39. The fraction of sp³-hybridized carbons (Fsp3) is 0.905. The predicted octanol–water partition coefficient (Wildman–Crippen LogP) is 1.98. The Hall–Kier alpha value is 0.240. The van der Waals surface area contributed by atoms with E-state index in [4.69, 9.17) is 0 Å². The minimum atomic E-state index is 0.750. The number of thioether (sulfide) groups is 2. The molecule has 0 aromatic carbocycles. The van der Waals surface area contributed by atoms with Crippen molar-refractivity contribution in [2.45, 2.75) is 49.3 Å². The third-order valence-corrected chi connectivity index (χ3v) is 8.27. The first kappa shape index (κ1) is 22.9. The highest BCUT2D eigenvalue weighted by Crippen LogP contribution is 2.50. The second kappa shape index (κ2) is 13.5. The normalized spacial score (nSPS) is 32.0. The molecule has 0 unspecified atom stereocenters. The van der Waals surface area contributed by atoms with Gasteiger partial charge < -0.3 is 26.6 Å². The Labute approximate surface area is 180 Å². The highest BCUT2D eigenvalue weighted by Gasteiger charge is 2.45. The molecule has 0 aromatic rings. The summed E-state index contributed by atoms with van der Waals surface area (Å²) in [5.74, 6) is 4.77. The molecule has 5 nitrogen and oxygen atoms in total. The fourth-order valence-electron chi connectivity index (χ4n) is 3.67. The van der Waals surface area contributed by atoms with Crippen LogP contribution in [0, 0.1) is 5.92 Å². The number of rotatable bonds is 0. The summed E-state index contributed by atoms with van der Waals surface area (Å²) in [4.78, 5) is 0. The molecule has 2 atom stereocenters. The van der Waals surface area contributed by atoms with Crippen LogP contribution in [0.15, 0.2) is 12.2 Å². The van der Waals surface area contributed by atoms with Crippen LogP contribution in [0.2, 0.25) is 0 Å². The van der Waals surface area contributed by atoms with Crippen LogP contribution in [0.5, 0.6) is 0 Å². The summed E-state index contributed by atoms with van der Waals surface area (Å²) in [5.41, 5.74) is 0. The lowest BCUT2D eigenvalue weighted by molar-refractivity contribution is 0.741. The van der Waals surface area contributed by atoms with E-state index < -0.39 is 0 Å². The first-order chi connectivity index (χ1) is 13.9. The van der Waals surface area contributed by atoms with Crippen molar-refractivity contribution in [3.05, 3.63) is 12.2 Å². The Morgan fingerprint density at radius 1 is 0.821 bits per heavy atom. The van der Waals surface area contributed by atoms with Crippen molar-refractivity contribution in [1.82, 2.24) is 26.6 Å². The number of hydrogen-bond acceptors (Lipinski definition) is 7. The zero-order chi connectivity index (χ0) is 19.3. The van der Waals surface area contributed by atoms with Crippen LogP contribution in [0.3, 0.4) is 0 Å². The quantitative estimate of drug-likeness (QED) is 0.379. The summed E-state index contributed by atoms with van der Waals surface area (Å²) in [5, 5.41) is 16.2. The second-order valence-electron chi connectivity index (χ2n) is 8.38. The van der Waals surface area contributed by atoms with E-state index >= 15 is 0 Å². The SMILES string of the molecule is C1=CCNC1.C1CCNC1.C1CSCN1.C1C[C@@H]2C[C@@H]2N1.C1NCC2(CC2)S1. The molecule has 5 aliphatic heterocycles. The van der Waals surface area contributed by atoms with Crippen molar-refractivity contribution in [3.8, 4) is 0 Å². The molecule has 7 heteroatoms. The maximum atomic E-state index is 3.39. The topological polar surface area (TPSA) is 60.1 Å². The summed E-state index contributed by atoms with van der Waals surface area (Å²) in [7, 11) is 0. The molecular weight excluding hydrogens is 386 g/mol. The lowest BCUT2D eigenvalue weighted by atomic mass is 10.3. The van der Waals surface area contributed by atoms with Gasteiger partial charge in [0.15, 0.2) is 0 Å². The van der Waals surface area contributed by atoms with Crippen LogP contribution >= 0.6 is 23.5 Å². The zero-order valence-corrected chi connectivity index (χ0v) is 19.1. The van der Waals surface area contributed by atoms with E-state index in [9.17, 15) is 0 Å². The van der Waals surface area contributed by atoms with E-state index in [1.807, 2.05) is 11.8 Å². The van der Waals surface area contributed by atoms with Gasteiger partial charge in [0.2, 0.25) is 0 Å². The summed E-state index contributed by atoms with van der Waals surface area (Å²) in [6, 6.07) is 0.963. The van der Waals surface area contributed by atoms with E-state index in [2.05, 4.69) is 50.5 Å². The lowest BCUT2D eigenvalue weighted by Gasteiger charge is -1.96. The van der Waals surface area contributed by atoms with Crippen LogP contribution < -0.4 is 26.6 Å². The first-order valence-electron chi connectivity index (χ1n) is 11.3. The van der Waals surface area contributed by atoms with Gasteiger partial charge in [0.1, 0.15) is 0 Å². The van der Waals surface area contributed by atoms with E-state index in [0.29, 0.717) is 0 Å². The van der Waals surface area contributed by atoms with Gasteiger partial charge in [-0.15, -0.1) is 23.5 Å². The van der Waals surface area contributed by atoms with Gasteiger partial charge in [0, 0.05) is 54.5 Å². The Kier molecular flexibility index (Phi) is 11.1. The van der Waals surface area contributed by atoms with Gasteiger partial charge in [0.05, 0.1) is 0 Å². The average Bonchev–Trinajstić information content (AvgIpc) is 3.37. The molecule has 2 aliphatic carbocycles. The Balaban J connectivity index is 0.000000101. The second-order valence-corrected chi connectivity index (χ2v) is 10.9. The van der Waals surface area contributed by atoms with Crippen molar-refractivity contribution in [3.63, 3.8) is 0 Å². The fourth-order valence-corrected chi connectivity index (χ4v) is 5.49. The summed E-state index contributed by atoms with van der Waals surface area (Å²) in [6.07, 6.45) is 12.9. The molecule has 7 rings (SSSR count). The van der Waals surface area contributed by atoms with Crippen molar-refractivity contribution < 1.29 is 0 Å². The van der Waals surface area contributed by atoms with Crippen LogP contribution in [-0.2, 0) is 0 Å². The van der Waals surface area contributed by atoms with E-state index in [1.54, 1.807) is 0 Å². The Morgan fingerprint density at radius 3 is 1.86 bits per heavy atom. The van der Waals surface area contributed by atoms with Gasteiger partial charge in [-0.05, 0) is 64.1 Å². The lowest BCUT2D eigenvalue weighted by Crippen LogP contribution is -2.12. The summed E-state index contributed by atoms with van der Waals surface area (Å²) < 4.78 is 0.750. The minimum Gasteiger partial charge on any atom is -0.317 e. The summed E-state index contributed by atoms with van der Waals surface area (Å²) >= 11 is 4.06. The standard InChI is InChI=1S/C5H9NS.C5H9N.C4H9N.C4H7N.C3H7NS/c1-2-5(1)3-6-4-7-5;1-2-6-5-3-4(1)5;2*1-2-4-5-3-1;1-2-5-3-4-1/h6H,1-4H2;4-6H,1-3H2;5H,1-4H2;1-2,5H,3-4H2;4H,1-3H2/t;4-,5+;;;/m.1.../s1. The molecule has 1 spiro atoms. The molecular formula is C21H41N5S2. The first-order valence-corrected chi connectivity index (χ1v) is 13.4. The van der Waals surface area contributed by atoms with Crippen LogP contribution in [0.4, 0.5) is 0 Å². The largest absolute Gasteiger partial charge is 0.317 e. The highest BCUT2D eigenvalue weighted by molar-refractivity contribution is 8.01. The highest BCUT2D eigenvalue weighted by atomic mass is 32.2. The average molecular weight is 428 g/mol. The minimum absolute atomic E-state index is 0.750. The van der Waals surface area contributed by atoms with Crippen molar-refractivity contribution in [1.29, 1.82) is 0 Å². The third kappa shape index (κ3) is 9.83. The molecule has 0 bridgehead atoms. The number of fused-ring (bicyclic) bond motifs is 1. The Morgan fingerprint density at radius 2 is 1.64 bits per heavy atom. The van der Waals surface area contributed by atoms with E-state index in [1.165, 1.54) is 88.8 Å². The van der Waals surface area contributed by atoms with Crippen LogP contribution in [0.25, 0.3) is 0 Å². The van der Waals surface area contributed by atoms with Gasteiger partial charge in [-0.3, -0.25) is 0 Å². The molecule has 0 aromatic heterocycles. The number of piperidine rings is 1. The van der Waals surface area contributed by atoms with Crippen LogP contribution in [-0.4, -0.2) is 74.1 Å². The van der Waals surface area contributed by atoms with Crippen molar-refractivity contribution in [2.24, 2.45) is 5.92 Å². The molecule has 5 heterocycles. The molecule has 0 amide bonds. The molecule has 5 N–H and O–H groups in total. The van der Waals surface area contributed by atoms with Gasteiger partial charge in [-0.2, -0.15) is 0 Å². The molecule has 4 saturated heterocycles. The maximum Gasteiger partial charge on any atom is 0.0424 e. The molecule has 28 heavy (non-hydrogen) atoms. The van der Waals surface area contributed by atoms with Crippen molar-refractivity contribution in [2.75, 3.05) is 63.3 Å². The summed E-state index contributed by atoms with van der Waals surface area (Å²) in [6.45, 7) is 8.41. The number of nitrogens with one attached hydrogen (secondary N) is 5. The monoisotopic (exact) mass is 427 g/mol. The molecule has 7 aliphatic rings. The Bertz CT molecular complexity index is 389. The molecule has 6 fully saturated rings. The molecule has 0 radical (unpaired) electrons. The van der Waals surface area contributed by atoms with Gasteiger partial charge in [-0.25, -0.2) is 0 Å². The third-order valence-electron chi connectivity index (χ3n) is 5.85. The molecule has 162 valence electrons.